The fraction of sp³-hybridized carbons (Fsp3) is 0.385. The number of nitrogens with one attached hydrogen (secondary N) is 1. The molecule has 0 aliphatic carbocycles. The molecule has 0 saturated carbocycles. The SMILES string of the molecule is CN(CC1OCCO1)S(=O)(=O)c1ccc2c(c1)C(=O)C(=O)N2. The summed E-state index contributed by atoms with van der Waals surface area (Å²) in [6.07, 6.45) is -0.598. The van der Waals surface area contributed by atoms with Crippen molar-refractivity contribution in [2.45, 2.75) is 11.2 Å². The Kier molecular flexibility index (Phi) is 3.73. The number of anilines is 1. The zero-order valence-electron chi connectivity index (χ0n) is 11.7. The molecule has 1 aromatic rings. The van der Waals surface area contributed by atoms with Gasteiger partial charge in [0.05, 0.1) is 35.9 Å². The molecule has 0 atom stereocenters. The van der Waals surface area contributed by atoms with E-state index in [1.165, 1.54) is 25.2 Å². The van der Waals surface area contributed by atoms with Gasteiger partial charge in [0.2, 0.25) is 10.0 Å². The first-order valence-corrected chi connectivity index (χ1v) is 8.03. The van der Waals surface area contributed by atoms with Gasteiger partial charge in [-0.15, -0.1) is 0 Å². The van der Waals surface area contributed by atoms with Crippen molar-refractivity contribution >= 4 is 27.4 Å². The molecule has 1 N–H and O–H groups in total. The Hall–Kier alpha value is -1.81. The molecule has 0 radical (unpaired) electrons. The highest BCUT2D eigenvalue weighted by molar-refractivity contribution is 7.89. The molecule has 9 heteroatoms. The number of nitrogens with zero attached hydrogens (tertiary/aromatic N) is 1. The van der Waals surface area contributed by atoms with E-state index < -0.39 is 28.0 Å². The number of hydrogen-bond donors (Lipinski definition) is 1. The highest BCUT2D eigenvalue weighted by atomic mass is 32.2. The molecule has 118 valence electrons. The number of benzene rings is 1. The van der Waals surface area contributed by atoms with Gasteiger partial charge in [0.25, 0.3) is 11.7 Å². The van der Waals surface area contributed by atoms with Crippen LogP contribution in [0.4, 0.5) is 5.69 Å². The van der Waals surface area contributed by atoms with Crippen LogP contribution in [0.15, 0.2) is 23.1 Å². The van der Waals surface area contributed by atoms with Crippen molar-refractivity contribution in [2.24, 2.45) is 0 Å². The minimum Gasteiger partial charge on any atom is -0.349 e. The Morgan fingerprint density at radius 3 is 2.64 bits per heavy atom. The number of likely N-dealkylation sites (N-methyl/N-ethyl adjacent to an activating group) is 1. The van der Waals surface area contributed by atoms with E-state index in [2.05, 4.69) is 5.32 Å². The number of carbonyl (C=O) groups excluding carboxylic acids is 2. The maximum atomic E-state index is 12.5. The number of fused-ring (bicyclic) bond motifs is 1. The Morgan fingerprint density at radius 2 is 1.95 bits per heavy atom. The molecule has 1 saturated heterocycles. The molecule has 22 heavy (non-hydrogen) atoms. The third-order valence-corrected chi connectivity index (χ3v) is 5.31. The van der Waals surface area contributed by atoms with Crippen LogP contribution in [0.2, 0.25) is 0 Å². The van der Waals surface area contributed by atoms with Gasteiger partial charge in [-0.25, -0.2) is 8.42 Å². The van der Waals surface area contributed by atoms with Gasteiger partial charge < -0.3 is 14.8 Å². The molecule has 3 rings (SSSR count). The number of ether oxygens (including phenoxy) is 2. The maximum Gasteiger partial charge on any atom is 0.296 e. The van der Waals surface area contributed by atoms with Crippen LogP contribution in [0.1, 0.15) is 10.4 Å². The first kappa shape index (κ1) is 15.1. The van der Waals surface area contributed by atoms with Gasteiger partial charge in [-0.3, -0.25) is 9.59 Å². The van der Waals surface area contributed by atoms with Crippen LogP contribution in [0.25, 0.3) is 0 Å². The van der Waals surface area contributed by atoms with Gasteiger partial charge in [-0.05, 0) is 18.2 Å². The van der Waals surface area contributed by atoms with E-state index >= 15 is 0 Å². The van der Waals surface area contributed by atoms with Crippen molar-refractivity contribution < 1.29 is 27.5 Å². The summed E-state index contributed by atoms with van der Waals surface area (Å²) >= 11 is 0. The molecule has 2 heterocycles. The van der Waals surface area contributed by atoms with Gasteiger partial charge in [-0.1, -0.05) is 0 Å². The van der Waals surface area contributed by atoms with E-state index in [4.69, 9.17) is 9.47 Å². The lowest BCUT2D eigenvalue weighted by molar-refractivity contribution is -0.112. The normalized spacial score (nSPS) is 18.8. The molecule has 1 fully saturated rings. The van der Waals surface area contributed by atoms with Crippen molar-refractivity contribution in [2.75, 3.05) is 32.1 Å². The summed E-state index contributed by atoms with van der Waals surface area (Å²) in [6.45, 7) is 0.907. The Labute approximate surface area is 127 Å². The topological polar surface area (TPSA) is 102 Å². The van der Waals surface area contributed by atoms with Crippen molar-refractivity contribution in [3.63, 3.8) is 0 Å². The van der Waals surface area contributed by atoms with Crippen LogP contribution < -0.4 is 5.32 Å². The van der Waals surface area contributed by atoms with Crippen molar-refractivity contribution in [3.05, 3.63) is 23.8 Å². The minimum atomic E-state index is -3.81. The van der Waals surface area contributed by atoms with Crippen LogP contribution >= 0.6 is 0 Å². The van der Waals surface area contributed by atoms with Crippen LogP contribution in [0.5, 0.6) is 0 Å². The van der Waals surface area contributed by atoms with E-state index in [0.29, 0.717) is 18.9 Å². The van der Waals surface area contributed by atoms with Crippen molar-refractivity contribution in [3.8, 4) is 0 Å². The number of sulfonamides is 1. The molecular formula is C13H14N2O6S. The number of rotatable bonds is 4. The smallest absolute Gasteiger partial charge is 0.296 e. The molecule has 0 bridgehead atoms. The highest BCUT2D eigenvalue weighted by Crippen LogP contribution is 2.27. The Morgan fingerprint density at radius 1 is 1.27 bits per heavy atom. The molecule has 0 spiro atoms. The largest absolute Gasteiger partial charge is 0.349 e. The van der Waals surface area contributed by atoms with Gasteiger partial charge in [0, 0.05) is 7.05 Å². The quantitative estimate of drug-likeness (QED) is 0.770. The zero-order valence-corrected chi connectivity index (χ0v) is 12.6. The van der Waals surface area contributed by atoms with E-state index in [9.17, 15) is 18.0 Å². The molecule has 1 aromatic carbocycles. The molecule has 2 aliphatic rings. The standard InChI is InChI=1S/C13H14N2O6S/c1-15(7-11-20-4-5-21-11)22(18,19)8-2-3-10-9(6-8)12(16)13(17)14-10/h2-3,6,11H,4-5,7H2,1H3,(H,14,16,17). The third kappa shape index (κ3) is 2.52. The minimum absolute atomic E-state index is 0.0462. The number of hydrogen-bond acceptors (Lipinski definition) is 6. The summed E-state index contributed by atoms with van der Waals surface area (Å²) in [5.41, 5.74) is 0.381. The van der Waals surface area contributed by atoms with Crippen LogP contribution in [-0.2, 0) is 24.3 Å². The van der Waals surface area contributed by atoms with Gasteiger partial charge in [0.1, 0.15) is 0 Å². The van der Waals surface area contributed by atoms with Crippen LogP contribution in [-0.4, -0.2) is 57.5 Å². The van der Waals surface area contributed by atoms with Gasteiger partial charge in [0.15, 0.2) is 6.29 Å². The summed E-state index contributed by atoms with van der Waals surface area (Å²) in [5.74, 6) is -1.50. The summed E-state index contributed by atoms with van der Waals surface area (Å²) in [7, 11) is -2.41. The fourth-order valence-corrected chi connectivity index (χ4v) is 3.47. The van der Waals surface area contributed by atoms with E-state index in [1.807, 2.05) is 0 Å². The lowest BCUT2D eigenvalue weighted by Crippen LogP contribution is -2.34. The predicted octanol–water partition coefficient (Wildman–Crippen LogP) is -0.185. The lowest BCUT2D eigenvalue weighted by atomic mass is 10.1. The van der Waals surface area contributed by atoms with Crippen LogP contribution in [0, 0.1) is 0 Å². The number of ketones is 1. The summed E-state index contributed by atoms with van der Waals surface area (Å²) in [5, 5.41) is 2.38. The molecule has 0 unspecified atom stereocenters. The third-order valence-electron chi connectivity index (χ3n) is 3.50. The zero-order chi connectivity index (χ0) is 15.9. The molecule has 0 aromatic heterocycles. The van der Waals surface area contributed by atoms with E-state index in [0.717, 1.165) is 4.31 Å². The Balaban J connectivity index is 1.86. The van der Waals surface area contributed by atoms with E-state index in [-0.39, 0.29) is 17.0 Å². The monoisotopic (exact) mass is 326 g/mol. The van der Waals surface area contributed by atoms with Crippen LogP contribution in [0.3, 0.4) is 0 Å². The maximum absolute atomic E-state index is 12.5. The van der Waals surface area contributed by atoms with Crippen molar-refractivity contribution in [1.29, 1.82) is 0 Å². The highest BCUT2D eigenvalue weighted by Gasteiger charge is 2.32. The first-order valence-electron chi connectivity index (χ1n) is 6.59. The van der Waals surface area contributed by atoms with Gasteiger partial charge >= 0.3 is 0 Å². The van der Waals surface area contributed by atoms with E-state index in [1.54, 1.807) is 0 Å². The molecule has 8 nitrogen and oxygen atoms in total. The summed E-state index contributed by atoms with van der Waals surface area (Å²) < 4.78 is 36.6. The molecular weight excluding hydrogens is 312 g/mol. The Bertz CT molecular complexity index is 739. The summed E-state index contributed by atoms with van der Waals surface area (Å²) in [6, 6.07) is 3.96. The molecule has 1 amide bonds. The van der Waals surface area contributed by atoms with Crippen molar-refractivity contribution in [1.82, 2.24) is 4.31 Å². The number of carbonyl (C=O) groups is 2. The average Bonchev–Trinajstić information content (AvgIpc) is 3.08. The average molecular weight is 326 g/mol. The second kappa shape index (κ2) is 5.43. The predicted molar refractivity (Wildman–Crippen MR) is 74.9 cm³/mol. The number of Topliss-reactive ketones (excluding diaryl/α,β-unsaturated/α-hetero) is 1. The lowest BCUT2D eigenvalue weighted by Gasteiger charge is -2.20. The second-order valence-corrected chi connectivity index (χ2v) is 6.99. The summed E-state index contributed by atoms with van der Waals surface area (Å²) in [4.78, 5) is 22.9. The van der Waals surface area contributed by atoms with Gasteiger partial charge in [-0.2, -0.15) is 4.31 Å². The second-order valence-electron chi connectivity index (χ2n) is 4.95. The first-order chi connectivity index (χ1) is 10.4. The molecule has 2 aliphatic heterocycles. The fourth-order valence-electron chi connectivity index (χ4n) is 2.28. The number of amides is 1.